The van der Waals surface area contributed by atoms with E-state index in [-0.39, 0.29) is 5.95 Å². The van der Waals surface area contributed by atoms with Crippen LogP contribution in [0, 0.1) is 0 Å². The molecule has 0 atom stereocenters. The average Bonchev–Trinajstić information content (AvgIpc) is 2.72. The maximum absolute atomic E-state index is 5.92. The highest BCUT2D eigenvalue weighted by Gasteiger charge is 2.12. The van der Waals surface area contributed by atoms with Gasteiger partial charge in [0.05, 0.1) is 0 Å². The summed E-state index contributed by atoms with van der Waals surface area (Å²) in [6.45, 7) is 2.64. The van der Waals surface area contributed by atoms with Gasteiger partial charge in [-0.1, -0.05) is 23.7 Å². The smallest absolute Gasteiger partial charge is 0.226 e. The predicted octanol–water partition coefficient (Wildman–Crippen LogP) is 1.92. The minimum Gasteiger partial charge on any atom is -0.368 e. The normalized spacial score (nSPS) is 10.3. The third-order valence-electron chi connectivity index (χ3n) is 2.24. The molecule has 0 aliphatic heterocycles. The van der Waals surface area contributed by atoms with Crippen LogP contribution in [0.15, 0.2) is 24.3 Å². The predicted molar refractivity (Wildman–Crippen MR) is 76.6 cm³/mol. The second-order valence-electron chi connectivity index (χ2n) is 3.55. The van der Waals surface area contributed by atoms with Crippen LogP contribution in [0.2, 0.25) is 5.02 Å². The van der Waals surface area contributed by atoms with Gasteiger partial charge in [-0.05, 0) is 31.3 Å². The minimum absolute atomic E-state index is 0.246. The first-order chi connectivity index (χ1) is 8.61. The number of rotatable bonds is 2. The number of aromatic nitrogens is 3. The van der Waals surface area contributed by atoms with E-state index < -0.39 is 0 Å². The summed E-state index contributed by atoms with van der Waals surface area (Å²) in [6.07, 6.45) is 0. The summed E-state index contributed by atoms with van der Waals surface area (Å²) in [5.41, 5.74) is 6.58. The van der Waals surface area contributed by atoms with E-state index in [9.17, 15) is 0 Å². The molecule has 0 amide bonds. The Bertz CT molecular complexity index is 581. The fraction of sp³-hybridized carbons (Fsp3) is 0.182. The highest BCUT2D eigenvalue weighted by atomic mass is 35.5. The zero-order valence-corrected chi connectivity index (χ0v) is 11.3. The number of hydrogen-bond donors (Lipinski definition) is 2. The molecule has 0 aliphatic carbocycles. The van der Waals surface area contributed by atoms with Gasteiger partial charge in [0.25, 0.3) is 0 Å². The van der Waals surface area contributed by atoms with Gasteiger partial charge in [0, 0.05) is 17.1 Å². The van der Waals surface area contributed by atoms with Crippen molar-refractivity contribution in [1.29, 1.82) is 0 Å². The fourth-order valence-corrected chi connectivity index (χ4v) is 1.92. The van der Waals surface area contributed by atoms with Crippen molar-refractivity contribution >= 4 is 34.9 Å². The van der Waals surface area contributed by atoms with E-state index in [1.165, 1.54) is 4.68 Å². The first kappa shape index (κ1) is 12.8. The fourth-order valence-electron chi connectivity index (χ4n) is 1.45. The summed E-state index contributed by atoms with van der Waals surface area (Å²) in [5, 5.41) is 8.27. The lowest BCUT2D eigenvalue weighted by atomic mass is 10.2. The second kappa shape index (κ2) is 5.32. The molecule has 1 aromatic heterocycles. The maximum Gasteiger partial charge on any atom is 0.226 e. The standard InChI is InChI=1S/C11H12ClN5S/c1-2-14-11(18)17-10(13)15-9(16-17)7-4-3-5-8(12)6-7/h3-6H,2H2,1H3,(H,14,18)(H2,13,15,16). The lowest BCUT2D eigenvalue weighted by molar-refractivity contribution is 0.868. The number of anilines is 1. The summed E-state index contributed by atoms with van der Waals surface area (Å²) in [4.78, 5) is 4.17. The number of thiocarbonyl (C=S) groups is 1. The Morgan fingerprint density at radius 1 is 1.56 bits per heavy atom. The van der Waals surface area contributed by atoms with E-state index in [1.54, 1.807) is 12.1 Å². The lowest BCUT2D eigenvalue weighted by Crippen LogP contribution is -2.29. The van der Waals surface area contributed by atoms with E-state index in [4.69, 9.17) is 29.6 Å². The molecule has 2 rings (SSSR count). The SMILES string of the molecule is CCNC(=S)n1nc(-c2cccc(Cl)c2)nc1N. The van der Waals surface area contributed by atoms with Gasteiger partial charge >= 0.3 is 0 Å². The van der Waals surface area contributed by atoms with E-state index in [0.29, 0.717) is 22.5 Å². The first-order valence-corrected chi connectivity index (χ1v) is 6.17. The van der Waals surface area contributed by atoms with E-state index in [2.05, 4.69) is 15.4 Å². The van der Waals surface area contributed by atoms with Crippen molar-refractivity contribution in [2.75, 3.05) is 12.3 Å². The Labute approximate surface area is 115 Å². The molecule has 0 aliphatic rings. The van der Waals surface area contributed by atoms with Crippen LogP contribution in [-0.2, 0) is 0 Å². The molecule has 0 radical (unpaired) electrons. The molecule has 18 heavy (non-hydrogen) atoms. The molecule has 5 nitrogen and oxygen atoms in total. The van der Waals surface area contributed by atoms with Crippen LogP contribution in [0.5, 0.6) is 0 Å². The number of halogens is 1. The zero-order chi connectivity index (χ0) is 13.1. The quantitative estimate of drug-likeness (QED) is 0.823. The van der Waals surface area contributed by atoms with Crippen LogP contribution >= 0.6 is 23.8 Å². The number of hydrogen-bond acceptors (Lipinski definition) is 4. The summed E-state index contributed by atoms with van der Waals surface area (Å²) in [5.74, 6) is 0.742. The third kappa shape index (κ3) is 2.60. The molecule has 0 unspecified atom stereocenters. The molecule has 0 saturated heterocycles. The molecule has 0 fully saturated rings. The summed E-state index contributed by atoms with van der Waals surface area (Å²) in [7, 11) is 0. The van der Waals surface area contributed by atoms with Crippen LogP contribution < -0.4 is 11.1 Å². The van der Waals surface area contributed by atoms with Crippen molar-refractivity contribution in [3.63, 3.8) is 0 Å². The number of nitrogens with one attached hydrogen (secondary N) is 1. The monoisotopic (exact) mass is 281 g/mol. The molecule has 1 heterocycles. The van der Waals surface area contributed by atoms with Crippen molar-refractivity contribution in [3.05, 3.63) is 29.3 Å². The summed E-state index contributed by atoms with van der Waals surface area (Å²) < 4.78 is 1.40. The van der Waals surface area contributed by atoms with Crippen LogP contribution in [0.1, 0.15) is 6.92 Å². The Balaban J connectivity index is 2.37. The molecular formula is C11H12ClN5S. The summed E-state index contributed by atoms with van der Waals surface area (Å²) in [6, 6.07) is 7.25. The minimum atomic E-state index is 0.246. The van der Waals surface area contributed by atoms with Crippen molar-refractivity contribution < 1.29 is 0 Å². The average molecular weight is 282 g/mol. The van der Waals surface area contributed by atoms with E-state index in [1.807, 2.05) is 19.1 Å². The van der Waals surface area contributed by atoms with Gasteiger partial charge in [0.15, 0.2) is 10.9 Å². The number of nitrogens with zero attached hydrogens (tertiary/aromatic N) is 3. The molecule has 2 aromatic rings. The van der Waals surface area contributed by atoms with Gasteiger partial charge in [-0.3, -0.25) is 0 Å². The van der Waals surface area contributed by atoms with E-state index >= 15 is 0 Å². The van der Waals surface area contributed by atoms with Gasteiger partial charge in [0.2, 0.25) is 5.95 Å². The van der Waals surface area contributed by atoms with Crippen molar-refractivity contribution in [2.24, 2.45) is 0 Å². The molecule has 0 spiro atoms. The van der Waals surface area contributed by atoms with Gasteiger partial charge in [-0.15, -0.1) is 5.10 Å². The van der Waals surface area contributed by atoms with Crippen LogP contribution in [0.25, 0.3) is 11.4 Å². The maximum atomic E-state index is 5.92. The van der Waals surface area contributed by atoms with Crippen LogP contribution in [0.3, 0.4) is 0 Å². The van der Waals surface area contributed by atoms with E-state index in [0.717, 1.165) is 5.56 Å². The molecule has 0 saturated carbocycles. The van der Waals surface area contributed by atoms with Crippen molar-refractivity contribution in [1.82, 2.24) is 20.1 Å². The highest BCUT2D eigenvalue weighted by Crippen LogP contribution is 2.20. The Morgan fingerprint density at radius 3 is 3.00 bits per heavy atom. The molecule has 3 N–H and O–H groups in total. The third-order valence-corrected chi connectivity index (χ3v) is 2.79. The Hall–Kier alpha value is -1.66. The number of nitrogen functional groups attached to an aromatic ring is 1. The van der Waals surface area contributed by atoms with Crippen molar-refractivity contribution in [2.45, 2.75) is 6.92 Å². The van der Waals surface area contributed by atoms with Crippen LogP contribution in [0.4, 0.5) is 5.95 Å². The molecule has 1 aromatic carbocycles. The highest BCUT2D eigenvalue weighted by molar-refractivity contribution is 7.80. The van der Waals surface area contributed by atoms with Crippen LogP contribution in [-0.4, -0.2) is 26.4 Å². The number of benzene rings is 1. The molecule has 94 valence electrons. The lowest BCUT2D eigenvalue weighted by Gasteiger charge is -2.04. The molecule has 7 heteroatoms. The van der Waals surface area contributed by atoms with Gasteiger partial charge in [-0.2, -0.15) is 9.67 Å². The van der Waals surface area contributed by atoms with Crippen molar-refractivity contribution in [3.8, 4) is 11.4 Å². The number of nitrogens with two attached hydrogens (primary N) is 1. The Kier molecular flexibility index (Phi) is 3.78. The van der Waals surface area contributed by atoms with Gasteiger partial charge < -0.3 is 11.1 Å². The summed E-state index contributed by atoms with van der Waals surface area (Å²) >= 11 is 11.1. The topological polar surface area (TPSA) is 68.8 Å². The first-order valence-electron chi connectivity index (χ1n) is 5.38. The molecular weight excluding hydrogens is 270 g/mol. The van der Waals surface area contributed by atoms with Gasteiger partial charge in [-0.25, -0.2) is 0 Å². The molecule has 0 bridgehead atoms. The largest absolute Gasteiger partial charge is 0.368 e. The van der Waals surface area contributed by atoms with Gasteiger partial charge in [0.1, 0.15) is 0 Å². The Morgan fingerprint density at radius 2 is 2.33 bits per heavy atom. The zero-order valence-electron chi connectivity index (χ0n) is 9.72. The second-order valence-corrected chi connectivity index (χ2v) is 4.37.